The fourth-order valence-corrected chi connectivity index (χ4v) is 6.59. The van der Waals surface area contributed by atoms with E-state index in [1.165, 1.54) is 38.9 Å². The lowest BCUT2D eigenvalue weighted by molar-refractivity contribution is 0.640. The summed E-state index contributed by atoms with van der Waals surface area (Å²) in [6.07, 6.45) is 6.26. The van der Waals surface area contributed by atoms with E-state index in [9.17, 15) is 4.39 Å². The summed E-state index contributed by atoms with van der Waals surface area (Å²) >= 11 is 0. The zero-order chi connectivity index (χ0) is 23.1. The predicted molar refractivity (Wildman–Crippen MR) is 142 cm³/mol. The molecule has 2 aliphatic rings. The van der Waals surface area contributed by atoms with Gasteiger partial charge < -0.3 is 0 Å². The average molecular weight is 452 g/mol. The maximum absolute atomic E-state index is 14.8. The zero-order valence-corrected chi connectivity index (χ0v) is 19.2. The van der Waals surface area contributed by atoms with E-state index in [0.717, 1.165) is 58.3 Å². The fraction of sp³-hybridized carbons (Fsp3) is 0.121. The molecule has 0 saturated carbocycles. The third-order valence-electron chi connectivity index (χ3n) is 8.12. The summed E-state index contributed by atoms with van der Waals surface area (Å²) in [5.41, 5.74) is 11.1. The van der Waals surface area contributed by atoms with Crippen molar-refractivity contribution in [1.82, 2.24) is 4.98 Å². The maximum Gasteiger partial charge on any atom is 0.131 e. The second-order valence-corrected chi connectivity index (χ2v) is 9.94. The Morgan fingerprint density at radius 2 is 1.20 bits per heavy atom. The molecular weight excluding hydrogens is 429 g/mol. The van der Waals surface area contributed by atoms with Crippen molar-refractivity contribution in [3.63, 3.8) is 0 Å². The number of hydrogen-bond acceptors (Lipinski definition) is 1. The van der Waals surface area contributed by atoms with Gasteiger partial charge in [-0.25, -0.2) is 4.39 Å². The molecule has 0 radical (unpaired) electrons. The van der Waals surface area contributed by atoms with Crippen LogP contribution in [-0.4, -0.2) is 4.98 Å². The van der Waals surface area contributed by atoms with Gasteiger partial charge in [0, 0.05) is 22.5 Å². The number of rotatable bonds is 1. The summed E-state index contributed by atoms with van der Waals surface area (Å²) in [4.78, 5) is 4.87. The third kappa shape index (κ3) is 2.65. The molecule has 166 valence electrons. The van der Waals surface area contributed by atoms with Crippen LogP contribution in [0, 0.1) is 5.82 Å². The van der Waals surface area contributed by atoms with Crippen molar-refractivity contribution in [1.29, 1.82) is 0 Å². The Bertz CT molecular complexity index is 1820. The van der Waals surface area contributed by atoms with Crippen LogP contribution >= 0.6 is 0 Å². The summed E-state index contributed by atoms with van der Waals surface area (Å²) in [6, 6.07) is 27.3. The Kier molecular flexibility index (Phi) is 3.85. The molecule has 8 rings (SSSR count). The quantitative estimate of drug-likeness (QED) is 0.230. The van der Waals surface area contributed by atoms with E-state index in [0.29, 0.717) is 5.39 Å². The van der Waals surface area contributed by atoms with Crippen molar-refractivity contribution in [2.45, 2.75) is 25.7 Å². The van der Waals surface area contributed by atoms with Gasteiger partial charge in [-0.15, -0.1) is 0 Å². The summed E-state index contributed by atoms with van der Waals surface area (Å²) in [6.45, 7) is 0. The zero-order valence-electron chi connectivity index (χ0n) is 19.2. The normalized spacial score (nSPS) is 14.0. The van der Waals surface area contributed by atoms with Gasteiger partial charge in [-0.2, -0.15) is 0 Å². The van der Waals surface area contributed by atoms with E-state index < -0.39 is 0 Å². The van der Waals surface area contributed by atoms with Gasteiger partial charge in [0.1, 0.15) is 5.82 Å². The lowest BCUT2D eigenvalue weighted by Crippen LogP contribution is -2.14. The van der Waals surface area contributed by atoms with Crippen LogP contribution in [0.3, 0.4) is 0 Å². The topological polar surface area (TPSA) is 12.9 Å². The molecule has 0 N–H and O–H groups in total. The second-order valence-electron chi connectivity index (χ2n) is 9.94. The Labute approximate surface area is 202 Å². The van der Waals surface area contributed by atoms with Crippen molar-refractivity contribution in [3.05, 3.63) is 113 Å². The van der Waals surface area contributed by atoms with Crippen molar-refractivity contribution >= 4 is 32.3 Å². The monoisotopic (exact) mass is 451 g/mol. The number of benzene rings is 5. The number of halogens is 1. The summed E-state index contributed by atoms with van der Waals surface area (Å²) in [7, 11) is 0. The van der Waals surface area contributed by atoms with Crippen molar-refractivity contribution in [3.8, 4) is 22.4 Å². The minimum Gasteiger partial charge on any atom is -0.256 e. The van der Waals surface area contributed by atoms with Gasteiger partial charge in [0.25, 0.3) is 0 Å². The molecule has 1 heterocycles. The lowest BCUT2D eigenvalue weighted by atomic mass is 9.74. The smallest absolute Gasteiger partial charge is 0.131 e. The molecule has 0 unspecified atom stereocenters. The van der Waals surface area contributed by atoms with Crippen LogP contribution in [-0.2, 0) is 25.7 Å². The standard InChI is InChI=1S/C33H22FN/c34-29-6-2-5-21-11-12-25-26-15-16-35-33(28(26)14-13-27(25)32(21)29)24-17-22-9-7-19-3-1-4-20-8-10-23(18-24)31(22)30(19)20/h1-6,11-18H,7-10H2. The average Bonchev–Trinajstić information content (AvgIpc) is 2.91. The summed E-state index contributed by atoms with van der Waals surface area (Å²) in [5, 5.41) is 5.89. The molecule has 2 heteroatoms. The summed E-state index contributed by atoms with van der Waals surface area (Å²) < 4.78 is 14.8. The molecular formula is C33H22FN. The molecule has 1 aromatic heterocycles. The van der Waals surface area contributed by atoms with Crippen LogP contribution in [0.1, 0.15) is 22.3 Å². The van der Waals surface area contributed by atoms with Crippen LogP contribution in [0.4, 0.5) is 4.39 Å². The number of hydrogen-bond donors (Lipinski definition) is 0. The molecule has 1 nitrogen and oxygen atoms in total. The van der Waals surface area contributed by atoms with Crippen molar-refractivity contribution in [2.75, 3.05) is 0 Å². The second kappa shape index (κ2) is 6.99. The first-order valence-corrected chi connectivity index (χ1v) is 12.4. The van der Waals surface area contributed by atoms with Crippen molar-refractivity contribution < 1.29 is 4.39 Å². The largest absolute Gasteiger partial charge is 0.256 e. The van der Waals surface area contributed by atoms with E-state index >= 15 is 0 Å². The fourth-order valence-electron chi connectivity index (χ4n) is 6.59. The van der Waals surface area contributed by atoms with Gasteiger partial charge in [-0.3, -0.25) is 4.98 Å². The highest BCUT2D eigenvalue weighted by atomic mass is 19.1. The SMILES string of the molecule is Fc1cccc2ccc3c4ccnc(-c5cc6c7c(c5)CCc5cccc(c5-7)CC6)c4ccc3c12. The Morgan fingerprint density at radius 1 is 0.571 bits per heavy atom. The van der Waals surface area contributed by atoms with E-state index in [2.05, 4.69) is 54.6 Å². The van der Waals surface area contributed by atoms with E-state index in [1.54, 1.807) is 12.1 Å². The number of aromatic nitrogens is 1. The molecule has 0 aliphatic heterocycles. The minimum absolute atomic E-state index is 0.171. The van der Waals surface area contributed by atoms with Crippen LogP contribution < -0.4 is 0 Å². The number of aryl methyl sites for hydroxylation is 4. The molecule has 0 spiro atoms. The molecule has 0 amide bonds. The number of nitrogens with zero attached hydrogens (tertiary/aromatic N) is 1. The lowest BCUT2D eigenvalue weighted by Gasteiger charge is -2.30. The van der Waals surface area contributed by atoms with Crippen LogP contribution in [0.5, 0.6) is 0 Å². The molecule has 0 saturated heterocycles. The molecule has 35 heavy (non-hydrogen) atoms. The molecule has 5 aromatic carbocycles. The van der Waals surface area contributed by atoms with E-state index in [1.807, 2.05) is 18.3 Å². The number of fused-ring (bicyclic) bond motifs is 5. The van der Waals surface area contributed by atoms with E-state index in [-0.39, 0.29) is 5.82 Å². The molecule has 2 aliphatic carbocycles. The van der Waals surface area contributed by atoms with E-state index in [4.69, 9.17) is 4.98 Å². The first kappa shape index (κ1) is 19.3. The van der Waals surface area contributed by atoms with Crippen LogP contribution in [0.15, 0.2) is 85.1 Å². The summed E-state index contributed by atoms with van der Waals surface area (Å²) in [5.74, 6) is -0.171. The molecule has 6 aromatic rings. The van der Waals surface area contributed by atoms with Gasteiger partial charge in [-0.05, 0) is 105 Å². The van der Waals surface area contributed by atoms with Crippen molar-refractivity contribution in [2.24, 2.45) is 0 Å². The number of pyridine rings is 1. The maximum atomic E-state index is 14.8. The van der Waals surface area contributed by atoms with Gasteiger partial charge in [0.2, 0.25) is 0 Å². The minimum atomic E-state index is -0.171. The Balaban J connectivity index is 1.38. The Hall–Kier alpha value is -4.04. The molecule has 0 bridgehead atoms. The van der Waals surface area contributed by atoms with Gasteiger partial charge in [0.15, 0.2) is 0 Å². The van der Waals surface area contributed by atoms with Gasteiger partial charge in [0.05, 0.1) is 5.69 Å². The van der Waals surface area contributed by atoms with Gasteiger partial charge >= 0.3 is 0 Å². The third-order valence-corrected chi connectivity index (χ3v) is 8.12. The van der Waals surface area contributed by atoms with Crippen LogP contribution in [0.25, 0.3) is 54.7 Å². The Morgan fingerprint density at radius 3 is 2.00 bits per heavy atom. The van der Waals surface area contributed by atoms with Crippen LogP contribution in [0.2, 0.25) is 0 Å². The molecule has 0 atom stereocenters. The molecule has 0 fully saturated rings. The van der Waals surface area contributed by atoms with Gasteiger partial charge in [-0.1, -0.05) is 54.6 Å². The first-order chi connectivity index (χ1) is 17.3. The highest BCUT2D eigenvalue weighted by molar-refractivity contribution is 6.19. The highest BCUT2D eigenvalue weighted by Gasteiger charge is 2.26. The predicted octanol–water partition coefficient (Wildman–Crippen LogP) is 8.21. The highest BCUT2D eigenvalue weighted by Crippen LogP contribution is 2.45. The first-order valence-electron chi connectivity index (χ1n) is 12.4.